The maximum absolute atomic E-state index is 2.29. The van der Waals surface area contributed by atoms with Gasteiger partial charge in [0.2, 0.25) is 0 Å². The molecule has 0 spiro atoms. The topological polar surface area (TPSA) is 0 Å². The van der Waals surface area contributed by atoms with Gasteiger partial charge in [0.05, 0.1) is 0 Å². The molecule has 0 saturated carbocycles. The van der Waals surface area contributed by atoms with Crippen molar-refractivity contribution in [3.63, 3.8) is 0 Å². The third-order valence-corrected chi connectivity index (χ3v) is 14.4. The average Bonchev–Trinajstić information content (AvgIpc) is 4.05. The largest absolute Gasteiger partial charge is 0.146 e. The molecule has 0 atom stereocenters. The molecule has 3 heterocycles. The minimum absolute atomic E-state index is 1.26. The Kier molecular flexibility index (Phi) is 18.9. The molecule has 0 N–H and O–H groups in total. The number of thiophene rings is 3. The summed E-state index contributed by atoms with van der Waals surface area (Å²) in [6.07, 6.45) is 0. The van der Waals surface area contributed by atoms with Crippen LogP contribution in [0.25, 0.3) is 63.6 Å². The van der Waals surface area contributed by atoms with Crippen LogP contribution in [0.2, 0.25) is 0 Å². The molecule has 344 valence electrons. The number of fused-ring (bicyclic) bond motifs is 4. The van der Waals surface area contributed by atoms with Crippen LogP contribution in [0.1, 0.15) is 61.9 Å². The van der Waals surface area contributed by atoms with Gasteiger partial charge in [0.15, 0.2) is 0 Å². The van der Waals surface area contributed by atoms with Gasteiger partial charge in [-0.05, 0) is 150 Å². The van der Waals surface area contributed by atoms with Crippen LogP contribution < -0.4 is 0 Å². The van der Waals surface area contributed by atoms with Gasteiger partial charge < -0.3 is 0 Å². The number of benzene rings is 8. The van der Waals surface area contributed by atoms with Crippen LogP contribution >= 0.6 is 34.0 Å². The standard InChI is InChI=1S/C20H18.C14H12S.C14H14.C9H8S.C6H8S.C2H6/c1-15-3-7-17(8-4-15)19-11-13-20(14-12-19)18-9-5-16(2)6-10-18;1-9-3-5-13-11(7-9)12-8-10(2)4-6-14(12)15-13;1-11-3-7-13(8-4-11)14-9-5-12(2)6-10-14;1-7-6-8-4-2-3-5-9(8)10-7;1-5-3-4-6(2)7-5;1-2/h3-14H,1-2H3;3-8H,1-2H3;3-10H,1-2H3;2-6H,1H3;3-4H,1-2H3;1-2H3. The van der Waals surface area contributed by atoms with Gasteiger partial charge >= 0.3 is 0 Å². The van der Waals surface area contributed by atoms with Crippen LogP contribution in [0.5, 0.6) is 0 Å². The van der Waals surface area contributed by atoms with Crippen molar-refractivity contribution in [1.82, 2.24) is 0 Å². The first kappa shape index (κ1) is 51.0. The summed E-state index contributed by atoms with van der Waals surface area (Å²) in [5.41, 5.74) is 15.5. The number of aryl methyl sites for hydroxylation is 9. The molecule has 0 unspecified atom stereocenters. The molecule has 0 radical (unpaired) electrons. The van der Waals surface area contributed by atoms with E-state index in [4.69, 9.17) is 0 Å². The van der Waals surface area contributed by atoms with Crippen molar-refractivity contribution >= 4 is 64.3 Å². The second kappa shape index (κ2) is 25.1. The molecule has 11 aromatic rings. The normalized spacial score (nSPS) is 10.3. The molecule has 0 saturated heterocycles. The molecule has 11 rings (SSSR count). The lowest BCUT2D eigenvalue weighted by Crippen LogP contribution is -1.81. The molecule has 3 heteroatoms. The molecular formula is C65H66S3. The summed E-state index contributed by atoms with van der Waals surface area (Å²) in [6.45, 7) is 23.1. The highest BCUT2D eigenvalue weighted by Crippen LogP contribution is 2.35. The molecule has 8 aromatic carbocycles. The van der Waals surface area contributed by atoms with E-state index >= 15 is 0 Å². The van der Waals surface area contributed by atoms with Gasteiger partial charge in [-0.3, -0.25) is 0 Å². The lowest BCUT2D eigenvalue weighted by atomic mass is 9.99. The maximum atomic E-state index is 2.29. The number of hydrogen-bond donors (Lipinski definition) is 0. The zero-order valence-corrected chi connectivity index (χ0v) is 44.2. The first-order valence-electron chi connectivity index (χ1n) is 23.6. The molecule has 0 bridgehead atoms. The zero-order chi connectivity index (χ0) is 48.6. The van der Waals surface area contributed by atoms with Gasteiger partial charge in [-0.15, -0.1) is 34.0 Å². The fourth-order valence-electron chi connectivity index (χ4n) is 7.52. The first-order valence-corrected chi connectivity index (χ1v) is 26.1. The van der Waals surface area contributed by atoms with E-state index in [9.17, 15) is 0 Å². The van der Waals surface area contributed by atoms with Crippen LogP contribution in [0.15, 0.2) is 200 Å². The Hall–Kier alpha value is -6.36. The quantitative estimate of drug-likeness (QED) is 0.166. The highest BCUT2D eigenvalue weighted by atomic mass is 32.1. The van der Waals surface area contributed by atoms with E-state index in [1.807, 2.05) is 47.9 Å². The first-order chi connectivity index (χ1) is 32.9. The average molecular weight is 943 g/mol. The highest BCUT2D eigenvalue weighted by molar-refractivity contribution is 7.25. The lowest BCUT2D eigenvalue weighted by Gasteiger charge is -2.06. The second-order valence-corrected chi connectivity index (χ2v) is 21.1. The van der Waals surface area contributed by atoms with Crippen molar-refractivity contribution in [2.24, 2.45) is 0 Å². The molecule has 68 heavy (non-hydrogen) atoms. The number of rotatable bonds is 3. The number of hydrogen-bond acceptors (Lipinski definition) is 3. The summed E-state index contributed by atoms with van der Waals surface area (Å²) in [7, 11) is 0. The Morgan fingerprint density at radius 2 is 0.544 bits per heavy atom. The van der Waals surface area contributed by atoms with Gasteiger partial charge in [-0.2, -0.15) is 0 Å². The van der Waals surface area contributed by atoms with Crippen molar-refractivity contribution in [2.45, 2.75) is 76.2 Å². The van der Waals surface area contributed by atoms with E-state index in [1.54, 1.807) is 0 Å². The van der Waals surface area contributed by atoms with E-state index in [0.717, 1.165) is 0 Å². The van der Waals surface area contributed by atoms with Crippen LogP contribution in [0, 0.1) is 62.3 Å². The van der Waals surface area contributed by atoms with Gasteiger partial charge in [0.25, 0.3) is 0 Å². The van der Waals surface area contributed by atoms with E-state index in [1.165, 1.54) is 112 Å². The van der Waals surface area contributed by atoms with Crippen LogP contribution in [-0.4, -0.2) is 0 Å². The van der Waals surface area contributed by atoms with E-state index < -0.39 is 0 Å². The van der Waals surface area contributed by atoms with E-state index in [2.05, 4.69) is 263 Å². The molecular weight excluding hydrogens is 877 g/mol. The summed E-state index contributed by atoms with van der Waals surface area (Å²) in [5.74, 6) is 0. The van der Waals surface area contributed by atoms with Crippen LogP contribution in [0.4, 0.5) is 0 Å². The minimum atomic E-state index is 1.26. The van der Waals surface area contributed by atoms with Crippen molar-refractivity contribution in [2.75, 3.05) is 0 Å². The second-order valence-electron chi connectivity index (χ2n) is 17.2. The fourth-order valence-corrected chi connectivity index (χ4v) is 10.3. The summed E-state index contributed by atoms with van der Waals surface area (Å²) < 4.78 is 4.17. The Morgan fingerprint density at radius 1 is 0.235 bits per heavy atom. The monoisotopic (exact) mass is 942 g/mol. The van der Waals surface area contributed by atoms with Gasteiger partial charge in [-0.25, -0.2) is 0 Å². The Labute approximate surface area is 419 Å². The maximum Gasteiger partial charge on any atom is 0.0355 e. The summed E-state index contributed by atoms with van der Waals surface area (Å²) in [5, 5.41) is 4.17. The molecule has 0 nitrogen and oxygen atoms in total. The lowest BCUT2D eigenvalue weighted by molar-refractivity contribution is 1.45. The van der Waals surface area contributed by atoms with Gasteiger partial charge in [-0.1, -0.05) is 199 Å². The molecule has 0 aliphatic heterocycles. The summed E-state index contributed by atoms with van der Waals surface area (Å²) in [4.78, 5) is 4.19. The van der Waals surface area contributed by atoms with Crippen molar-refractivity contribution < 1.29 is 0 Å². The smallest absolute Gasteiger partial charge is 0.0355 e. The van der Waals surface area contributed by atoms with Crippen molar-refractivity contribution in [3.8, 4) is 33.4 Å². The van der Waals surface area contributed by atoms with Crippen molar-refractivity contribution in [1.29, 1.82) is 0 Å². The van der Waals surface area contributed by atoms with Crippen LogP contribution in [-0.2, 0) is 0 Å². The Bertz CT molecular complexity index is 3020. The molecule has 0 fully saturated rings. The third kappa shape index (κ3) is 14.8. The van der Waals surface area contributed by atoms with Crippen molar-refractivity contribution in [3.05, 3.63) is 248 Å². The van der Waals surface area contributed by atoms with Gasteiger partial charge in [0.1, 0.15) is 0 Å². The summed E-state index contributed by atoms with van der Waals surface area (Å²) in [6, 6.07) is 71.7. The molecule has 0 aliphatic rings. The van der Waals surface area contributed by atoms with Crippen LogP contribution in [0.3, 0.4) is 0 Å². The Morgan fingerprint density at radius 3 is 0.853 bits per heavy atom. The Balaban J connectivity index is 0.000000144. The van der Waals surface area contributed by atoms with Gasteiger partial charge in [0, 0.05) is 39.5 Å². The van der Waals surface area contributed by atoms with E-state index in [-0.39, 0.29) is 0 Å². The predicted octanol–water partition coefficient (Wildman–Crippen LogP) is 20.9. The minimum Gasteiger partial charge on any atom is -0.146 e. The molecule has 0 aliphatic carbocycles. The molecule has 0 amide bonds. The highest BCUT2D eigenvalue weighted by Gasteiger charge is 2.05. The van der Waals surface area contributed by atoms with E-state index in [0.29, 0.717) is 0 Å². The zero-order valence-electron chi connectivity index (χ0n) is 41.8. The SMILES string of the molecule is CC.Cc1cc2ccccc2s1.Cc1ccc(-c2ccc(-c3ccc(C)cc3)cc2)cc1.Cc1ccc(-c2ccc(C)cc2)cc1.Cc1ccc(C)s1.Cc1ccc2sc3ccc(C)cc3c2c1. The third-order valence-electron chi connectivity index (χ3n) is 11.3. The fraction of sp³-hybridized carbons (Fsp3) is 0.169. The summed E-state index contributed by atoms with van der Waals surface area (Å²) >= 11 is 5.57. The predicted molar refractivity (Wildman–Crippen MR) is 309 cm³/mol. The molecule has 3 aromatic heterocycles.